The molecule has 2 aliphatic rings. The van der Waals surface area contributed by atoms with Gasteiger partial charge in [-0.25, -0.2) is 0 Å². The SMILES string of the molecule is Cc1ccc(C(=O)N2CCC(NC(=O)C3CCC(N)C3)CC2)cc1.Cl. The molecule has 0 radical (unpaired) electrons. The molecule has 1 saturated heterocycles. The normalized spacial score (nSPS) is 23.8. The highest BCUT2D eigenvalue weighted by molar-refractivity contribution is 5.94. The minimum absolute atomic E-state index is 0. The van der Waals surface area contributed by atoms with Crippen molar-refractivity contribution < 1.29 is 9.59 Å². The summed E-state index contributed by atoms with van der Waals surface area (Å²) in [6, 6.07) is 8.05. The van der Waals surface area contributed by atoms with Gasteiger partial charge in [-0.05, 0) is 51.2 Å². The molecule has 25 heavy (non-hydrogen) atoms. The van der Waals surface area contributed by atoms with Crippen molar-refractivity contribution in [2.24, 2.45) is 11.7 Å². The molecule has 2 unspecified atom stereocenters. The van der Waals surface area contributed by atoms with E-state index in [9.17, 15) is 9.59 Å². The summed E-state index contributed by atoms with van der Waals surface area (Å²) in [6.07, 6.45) is 4.29. The van der Waals surface area contributed by atoms with Gasteiger partial charge in [-0.3, -0.25) is 9.59 Å². The van der Waals surface area contributed by atoms with Gasteiger partial charge in [0.25, 0.3) is 5.91 Å². The number of benzene rings is 1. The molecule has 2 atom stereocenters. The second-order valence-corrected chi connectivity index (χ2v) is 7.21. The van der Waals surface area contributed by atoms with Gasteiger partial charge in [0.2, 0.25) is 5.91 Å². The minimum atomic E-state index is 0. The predicted octanol–water partition coefficient (Wildman–Crippen LogP) is 2.27. The molecule has 1 heterocycles. The lowest BCUT2D eigenvalue weighted by Crippen LogP contribution is -2.47. The van der Waals surface area contributed by atoms with Gasteiger partial charge in [-0.15, -0.1) is 12.4 Å². The van der Waals surface area contributed by atoms with E-state index in [1.54, 1.807) is 0 Å². The van der Waals surface area contributed by atoms with E-state index in [2.05, 4.69) is 5.32 Å². The largest absolute Gasteiger partial charge is 0.353 e. The van der Waals surface area contributed by atoms with Crippen LogP contribution in [0.2, 0.25) is 0 Å². The number of hydrogen-bond donors (Lipinski definition) is 2. The molecule has 2 amide bonds. The van der Waals surface area contributed by atoms with Crippen LogP contribution < -0.4 is 11.1 Å². The molecule has 0 bridgehead atoms. The molecule has 6 heteroatoms. The Morgan fingerprint density at radius 2 is 1.72 bits per heavy atom. The number of nitrogens with two attached hydrogens (primary N) is 1. The molecule has 5 nitrogen and oxygen atoms in total. The Balaban J connectivity index is 0.00000225. The quantitative estimate of drug-likeness (QED) is 0.862. The lowest BCUT2D eigenvalue weighted by molar-refractivity contribution is -0.125. The van der Waals surface area contributed by atoms with Crippen LogP contribution in [0, 0.1) is 12.8 Å². The Kier molecular flexibility index (Phi) is 6.85. The number of hydrogen-bond acceptors (Lipinski definition) is 3. The maximum Gasteiger partial charge on any atom is 0.253 e. The number of amides is 2. The van der Waals surface area contributed by atoms with Crippen molar-refractivity contribution in [2.75, 3.05) is 13.1 Å². The molecular formula is C19H28ClN3O2. The van der Waals surface area contributed by atoms with Gasteiger partial charge in [0, 0.05) is 36.7 Å². The Morgan fingerprint density at radius 3 is 2.28 bits per heavy atom. The van der Waals surface area contributed by atoms with Crippen molar-refractivity contribution in [1.29, 1.82) is 0 Å². The van der Waals surface area contributed by atoms with Gasteiger partial charge in [-0.2, -0.15) is 0 Å². The Labute approximate surface area is 155 Å². The first-order chi connectivity index (χ1) is 11.5. The van der Waals surface area contributed by atoms with Crippen molar-refractivity contribution >= 4 is 24.2 Å². The number of piperidine rings is 1. The van der Waals surface area contributed by atoms with Crippen LogP contribution in [0.5, 0.6) is 0 Å². The van der Waals surface area contributed by atoms with Gasteiger partial charge in [0.15, 0.2) is 0 Å². The van der Waals surface area contributed by atoms with Crippen LogP contribution in [0.25, 0.3) is 0 Å². The van der Waals surface area contributed by atoms with Crippen LogP contribution in [0.15, 0.2) is 24.3 Å². The van der Waals surface area contributed by atoms with Crippen LogP contribution in [-0.4, -0.2) is 41.9 Å². The molecule has 3 rings (SSSR count). The average molecular weight is 366 g/mol. The third kappa shape index (κ3) is 4.95. The molecule has 1 aromatic rings. The van der Waals surface area contributed by atoms with Gasteiger partial charge in [0.05, 0.1) is 0 Å². The van der Waals surface area contributed by atoms with E-state index in [0.717, 1.165) is 43.2 Å². The number of carbonyl (C=O) groups is 2. The zero-order chi connectivity index (χ0) is 17.1. The Hall–Kier alpha value is -1.59. The van der Waals surface area contributed by atoms with Crippen molar-refractivity contribution in [3.63, 3.8) is 0 Å². The monoisotopic (exact) mass is 365 g/mol. The number of likely N-dealkylation sites (tertiary alicyclic amines) is 1. The van der Waals surface area contributed by atoms with Crippen molar-refractivity contribution in [3.05, 3.63) is 35.4 Å². The van der Waals surface area contributed by atoms with Crippen LogP contribution in [0.3, 0.4) is 0 Å². The first kappa shape index (κ1) is 19.7. The van der Waals surface area contributed by atoms with Crippen LogP contribution in [-0.2, 0) is 4.79 Å². The predicted molar refractivity (Wildman–Crippen MR) is 101 cm³/mol. The average Bonchev–Trinajstić information content (AvgIpc) is 3.02. The number of nitrogens with one attached hydrogen (secondary N) is 1. The summed E-state index contributed by atoms with van der Waals surface area (Å²) in [5.74, 6) is 0.306. The maximum absolute atomic E-state index is 12.5. The van der Waals surface area contributed by atoms with E-state index in [4.69, 9.17) is 5.73 Å². The fourth-order valence-electron chi connectivity index (χ4n) is 3.68. The number of aryl methyl sites for hydroxylation is 1. The standard InChI is InChI=1S/C19H27N3O2.ClH/c1-13-2-4-14(5-3-13)19(24)22-10-8-17(9-11-22)21-18(23)15-6-7-16(20)12-15;/h2-5,15-17H,6-12,20H2,1H3,(H,21,23);1H. The van der Waals surface area contributed by atoms with Gasteiger partial charge in [-0.1, -0.05) is 17.7 Å². The summed E-state index contributed by atoms with van der Waals surface area (Å²) in [5.41, 5.74) is 7.78. The summed E-state index contributed by atoms with van der Waals surface area (Å²) in [7, 11) is 0. The van der Waals surface area contributed by atoms with Crippen LogP contribution in [0.1, 0.15) is 48.0 Å². The Bertz CT molecular complexity index is 597. The summed E-state index contributed by atoms with van der Waals surface area (Å²) >= 11 is 0. The first-order valence-electron chi connectivity index (χ1n) is 8.95. The maximum atomic E-state index is 12.5. The first-order valence-corrected chi connectivity index (χ1v) is 8.95. The van der Waals surface area contributed by atoms with E-state index in [-0.39, 0.29) is 42.2 Å². The summed E-state index contributed by atoms with van der Waals surface area (Å²) in [5, 5.41) is 3.16. The summed E-state index contributed by atoms with van der Waals surface area (Å²) in [6.45, 7) is 3.41. The highest BCUT2D eigenvalue weighted by atomic mass is 35.5. The van der Waals surface area contributed by atoms with Crippen molar-refractivity contribution in [2.45, 2.75) is 51.1 Å². The highest BCUT2D eigenvalue weighted by Gasteiger charge is 2.30. The minimum Gasteiger partial charge on any atom is -0.353 e. The molecule has 1 saturated carbocycles. The molecule has 1 aliphatic carbocycles. The van der Waals surface area contributed by atoms with Crippen LogP contribution >= 0.6 is 12.4 Å². The highest BCUT2D eigenvalue weighted by Crippen LogP contribution is 2.25. The molecule has 0 spiro atoms. The molecule has 2 fully saturated rings. The number of halogens is 1. The smallest absolute Gasteiger partial charge is 0.253 e. The third-order valence-electron chi connectivity index (χ3n) is 5.27. The third-order valence-corrected chi connectivity index (χ3v) is 5.27. The second-order valence-electron chi connectivity index (χ2n) is 7.21. The van der Waals surface area contributed by atoms with Crippen molar-refractivity contribution in [1.82, 2.24) is 10.2 Å². The summed E-state index contributed by atoms with van der Waals surface area (Å²) in [4.78, 5) is 26.7. The van der Waals surface area contributed by atoms with Gasteiger partial charge >= 0.3 is 0 Å². The van der Waals surface area contributed by atoms with E-state index >= 15 is 0 Å². The van der Waals surface area contributed by atoms with E-state index in [1.165, 1.54) is 0 Å². The Morgan fingerprint density at radius 1 is 1.08 bits per heavy atom. The molecule has 0 aromatic heterocycles. The number of nitrogens with zero attached hydrogens (tertiary/aromatic N) is 1. The number of carbonyl (C=O) groups excluding carboxylic acids is 2. The molecular weight excluding hydrogens is 338 g/mol. The van der Waals surface area contributed by atoms with E-state index in [1.807, 2.05) is 36.1 Å². The second kappa shape index (κ2) is 8.68. The lowest BCUT2D eigenvalue weighted by Gasteiger charge is -2.33. The van der Waals surface area contributed by atoms with E-state index in [0.29, 0.717) is 13.1 Å². The fourth-order valence-corrected chi connectivity index (χ4v) is 3.68. The van der Waals surface area contributed by atoms with E-state index < -0.39 is 0 Å². The zero-order valence-corrected chi connectivity index (χ0v) is 15.6. The zero-order valence-electron chi connectivity index (χ0n) is 14.7. The van der Waals surface area contributed by atoms with Gasteiger partial charge in [0.1, 0.15) is 0 Å². The molecule has 1 aromatic carbocycles. The van der Waals surface area contributed by atoms with Crippen molar-refractivity contribution in [3.8, 4) is 0 Å². The molecule has 1 aliphatic heterocycles. The lowest BCUT2D eigenvalue weighted by atomic mass is 10.0. The molecule has 138 valence electrons. The summed E-state index contributed by atoms with van der Waals surface area (Å²) < 4.78 is 0. The number of rotatable bonds is 3. The topological polar surface area (TPSA) is 75.4 Å². The van der Waals surface area contributed by atoms with Gasteiger partial charge < -0.3 is 16.0 Å². The van der Waals surface area contributed by atoms with Crippen LogP contribution in [0.4, 0.5) is 0 Å². The molecule has 3 N–H and O–H groups in total. The fraction of sp³-hybridized carbons (Fsp3) is 0.579.